The molecule has 0 bridgehead atoms. The van der Waals surface area contributed by atoms with E-state index in [1.165, 1.54) is 18.6 Å². The van der Waals surface area contributed by atoms with E-state index in [-0.39, 0.29) is 24.1 Å². The molecule has 0 radical (unpaired) electrons. The monoisotopic (exact) mass is 234 g/mol. The Balaban J connectivity index is 1.66. The Kier molecular flexibility index (Phi) is 2.53. The Morgan fingerprint density at radius 2 is 2.41 bits per heavy atom. The number of carbonyl (C=O) groups excluding carboxylic acids is 1. The number of fused-ring (bicyclic) bond motifs is 1. The highest BCUT2D eigenvalue weighted by atomic mass is 16.5. The fraction of sp³-hybridized carbons (Fsp3) is 0.545. The topological polar surface area (TPSA) is 90.1 Å². The highest BCUT2D eigenvalue weighted by molar-refractivity contribution is 5.92. The molecule has 6 nitrogen and oxygen atoms in total. The van der Waals surface area contributed by atoms with Gasteiger partial charge in [0.25, 0.3) is 5.91 Å². The number of carbonyl (C=O) groups is 1. The normalized spacial score (nSPS) is 34.9. The lowest BCUT2D eigenvalue weighted by molar-refractivity contribution is -0.0161. The molecule has 2 fully saturated rings. The van der Waals surface area contributed by atoms with E-state index in [0.717, 1.165) is 13.0 Å². The molecule has 4 unspecified atom stereocenters. The zero-order valence-corrected chi connectivity index (χ0v) is 9.24. The summed E-state index contributed by atoms with van der Waals surface area (Å²) in [4.78, 5) is 19.7. The third-order valence-corrected chi connectivity index (χ3v) is 3.54. The molecule has 0 aromatic carbocycles. The van der Waals surface area contributed by atoms with Crippen molar-refractivity contribution in [3.63, 3.8) is 0 Å². The van der Waals surface area contributed by atoms with Gasteiger partial charge in [0.1, 0.15) is 5.69 Å². The molecule has 0 spiro atoms. The summed E-state index contributed by atoms with van der Waals surface area (Å²) in [6, 6.07) is -0.111. The maximum Gasteiger partial charge on any atom is 0.271 e. The Labute approximate surface area is 98.6 Å². The number of nitrogens with one attached hydrogen (secondary N) is 1. The first-order valence-electron chi connectivity index (χ1n) is 5.71. The fourth-order valence-electron chi connectivity index (χ4n) is 2.57. The van der Waals surface area contributed by atoms with Crippen molar-refractivity contribution in [2.45, 2.75) is 24.6 Å². The van der Waals surface area contributed by atoms with Gasteiger partial charge in [-0.3, -0.25) is 9.78 Å². The molecule has 90 valence electrons. The van der Waals surface area contributed by atoms with Crippen molar-refractivity contribution < 1.29 is 9.53 Å². The van der Waals surface area contributed by atoms with Gasteiger partial charge in [-0.15, -0.1) is 0 Å². The fourth-order valence-corrected chi connectivity index (χ4v) is 2.57. The molecule has 1 aliphatic heterocycles. The largest absolute Gasteiger partial charge is 0.376 e. The number of hydrogen-bond donors (Lipinski definition) is 2. The third-order valence-electron chi connectivity index (χ3n) is 3.54. The summed E-state index contributed by atoms with van der Waals surface area (Å²) in [7, 11) is 0. The van der Waals surface area contributed by atoms with Gasteiger partial charge in [-0.25, -0.2) is 4.98 Å². The second-order valence-electron chi connectivity index (χ2n) is 4.46. The van der Waals surface area contributed by atoms with Gasteiger partial charge in [0, 0.05) is 31.0 Å². The van der Waals surface area contributed by atoms with Crippen molar-refractivity contribution in [1.82, 2.24) is 15.3 Å². The third kappa shape index (κ3) is 1.69. The Morgan fingerprint density at radius 3 is 3.18 bits per heavy atom. The molecule has 2 heterocycles. The van der Waals surface area contributed by atoms with Crippen LogP contribution < -0.4 is 11.1 Å². The molecule has 3 N–H and O–H groups in total. The molecular formula is C11H14N4O2. The minimum Gasteiger partial charge on any atom is -0.376 e. The molecule has 1 amide bonds. The molecule has 1 saturated heterocycles. The number of amides is 1. The van der Waals surface area contributed by atoms with Crippen LogP contribution in [0.2, 0.25) is 0 Å². The summed E-state index contributed by atoms with van der Waals surface area (Å²) in [6.07, 6.45) is 5.52. The lowest BCUT2D eigenvalue weighted by Crippen LogP contribution is -2.69. The van der Waals surface area contributed by atoms with E-state index in [1.54, 1.807) is 0 Å². The number of hydrogen-bond acceptors (Lipinski definition) is 5. The van der Waals surface area contributed by atoms with Crippen LogP contribution in [-0.4, -0.2) is 40.7 Å². The minimum absolute atomic E-state index is 0.0110. The maximum absolute atomic E-state index is 11.9. The summed E-state index contributed by atoms with van der Waals surface area (Å²) in [5.41, 5.74) is 6.31. The van der Waals surface area contributed by atoms with Gasteiger partial charge in [-0.2, -0.15) is 0 Å². The van der Waals surface area contributed by atoms with Gasteiger partial charge < -0.3 is 15.8 Å². The molecule has 1 aliphatic carbocycles. The quantitative estimate of drug-likeness (QED) is 0.707. The van der Waals surface area contributed by atoms with Crippen LogP contribution in [0.15, 0.2) is 18.6 Å². The zero-order chi connectivity index (χ0) is 11.8. The van der Waals surface area contributed by atoms with Crippen molar-refractivity contribution in [3.05, 3.63) is 24.3 Å². The van der Waals surface area contributed by atoms with E-state index in [2.05, 4.69) is 15.3 Å². The van der Waals surface area contributed by atoms with Crippen molar-refractivity contribution in [3.8, 4) is 0 Å². The molecule has 6 heteroatoms. The number of rotatable bonds is 2. The molecule has 1 saturated carbocycles. The second kappa shape index (κ2) is 4.05. The van der Waals surface area contributed by atoms with Gasteiger partial charge in [-0.1, -0.05) is 0 Å². The van der Waals surface area contributed by atoms with Gasteiger partial charge in [0.15, 0.2) is 0 Å². The minimum atomic E-state index is -0.243. The van der Waals surface area contributed by atoms with Crippen LogP contribution >= 0.6 is 0 Å². The molecule has 1 aromatic rings. The Bertz CT molecular complexity index is 425. The van der Waals surface area contributed by atoms with Crippen LogP contribution in [0.25, 0.3) is 0 Å². The van der Waals surface area contributed by atoms with Crippen LogP contribution in [0.4, 0.5) is 0 Å². The van der Waals surface area contributed by atoms with Crippen molar-refractivity contribution >= 4 is 5.91 Å². The van der Waals surface area contributed by atoms with Crippen LogP contribution in [0, 0.1) is 5.92 Å². The maximum atomic E-state index is 11.9. The molecular weight excluding hydrogens is 220 g/mol. The molecule has 1 aromatic heterocycles. The molecule has 4 atom stereocenters. The molecule has 17 heavy (non-hydrogen) atoms. The lowest BCUT2D eigenvalue weighted by atomic mass is 9.72. The van der Waals surface area contributed by atoms with E-state index in [4.69, 9.17) is 10.5 Å². The van der Waals surface area contributed by atoms with E-state index < -0.39 is 0 Å². The first-order valence-corrected chi connectivity index (χ1v) is 5.71. The smallest absolute Gasteiger partial charge is 0.271 e. The number of aromatic nitrogens is 2. The van der Waals surface area contributed by atoms with Gasteiger partial charge in [-0.05, 0) is 6.42 Å². The SMILES string of the molecule is NC1C2CCOC2C1NC(=O)c1cnccn1. The van der Waals surface area contributed by atoms with Crippen LogP contribution in [0.1, 0.15) is 16.9 Å². The van der Waals surface area contributed by atoms with Gasteiger partial charge >= 0.3 is 0 Å². The van der Waals surface area contributed by atoms with Crippen molar-refractivity contribution in [2.24, 2.45) is 11.7 Å². The van der Waals surface area contributed by atoms with Gasteiger partial charge in [0.05, 0.1) is 18.3 Å². The number of ether oxygens (including phenoxy) is 1. The predicted octanol–water partition coefficient (Wildman–Crippen LogP) is -0.679. The summed E-state index contributed by atoms with van der Waals surface area (Å²) < 4.78 is 5.54. The Hall–Kier alpha value is -1.53. The number of nitrogens with zero attached hydrogens (tertiary/aromatic N) is 2. The van der Waals surface area contributed by atoms with Crippen LogP contribution in [0.3, 0.4) is 0 Å². The Morgan fingerprint density at radius 1 is 1.53 bits per heavy atom. The standard InChI is InChI=1S/C11H14N4O2/c12-8-6-1-4-17-10(6)9(8)15-11(16)7-5-13-2-3-14-7/h2-3,5-6,8-10H,1,4,12H2,(H,15,16). The highest BCUT2D eigenvalue weighted by Crippen LogP contribution is 2.37. The number of nitrogens with two attached hydrogens (primary N) is 1. The van der Waals surface area contributed by atoms with E-state index in [9.17, 15) is 4.79 Å². The zero-order valence-electron chi connectivity index (χ0n) is 9.24. The second-order valence-corrected chi connectivity index (χ2v) is 4.46. The molecule has 3 rings (SSSR count). The first kappa shape index (κ1) is 10.6. The summed E-state index contributed by atoms with van der Waals surface area (Å²) in [5, 5.41) is 2.86. The summed E-state index contributed by atoms with van der Waals surface area (Å²) in [5.74, 6) is 0.148. The van der Waals surface area contributed by atoms with E-state index >= 15 is 0 Å². The lowest BCUT2D eigenvalue weighted by Gasteiger charge is -2.45. The molecule has 2 aliphatic rings. The summed E-state index contributed by atoms with van der Waals surface area (Å²) in [6.45, 7) is 0.737. The average molecular weight is 234 g/mol. The van der Waals surface area contributed by atoms with E-state index in [0.29, 0.717) is 11.6 Å². The first-order chi connectivity index (χ1) is 8.27. The van der Waals surface area contributed by atoms with Gasteiger partial charge in [0.2, 0.25) is 0 Å². The van der Waals surface area contributed by atoms with Crippen LogP contribution in [-0.2, 0) is 4.74 Å². The van der Waals surface area contributed by atoms with Crippen LogP contribution in [0.5, 0.6) is 0 Å². The summed E-state index contributed by atoms with van der Waals surface area (Å²) >= 11 is 0. The highest BCUT2D eigenvalue weighted by Gasteiger charge is 2.52. The predicted molar refractivity (Wildman–Crippen MR) is 59.1 cm³/mol. The van der Waals surface area contributed by atoms with Crippen molar-refractivity contribution in [2.75, 3.05) is 6.61 Å². The average Bonchev–Trinajstić information content (AvgIpc) is 2.81. The van der Waals surface area contributed by atoms with Crippen molar-refractivity contribution in [1.29, 1.82) is 0 Å². The van der Waals surface area contributed by atoms with E-state index in [1.807, 2.05) is 0 Å².